The molecule has 0 saturated heterocycles. The molecule has 0 aliphatic rings. The van der Waals surface area contributed by atoms with Crippen LogP contribution < -0.4 is 22.7 Å². The molecular formula is C11H12BrN2S-. The smallest absolute Gasteiger partial charge is 0.180 e. The summed E-state index contributed by atoms with van der Waals surface area (Å²) in [6.07, 6.45) is 1.07. The van der Waals surface area contributed by atoms with Gasteiger partial charge in [0.25, 0.3) is 0 Å². The Balaban J connectivity index is 0.00000112. The zero-order valence-electron chi connectivity index (χ0n) is 8.40. The van der Waals surface area contributed by atoms with Gasteiger partial charge in [0.1, 0.15) is 0 Å². The highest BCUT2D eigenvalue weighted by atomic mass is 79.9. The zero-order valence-corrected chi connectivity index (χ0v) is 10.8. The Hall–Kier alpha value is -0.870. The van der Waals surface area contributed by atoms with Crippen LogP contribution in [0.25, 0.3) is 11.3 Å². The van der Waals surface area contributed by atoms with Gasteiger partial charge in [-0.25, -0.2) is 4.98 Å². The predicted molar refractivity (Wildman–Crippen MR) is 61.3 cm³/mol. The van der Waals surface area contributed by atoms with E-state index in [2.05, 4.69) is 36.2 Å². The molecule has 80 valence electrons. The van der Waals surface area contributed by atoms with Gasteiger partial charge in [-0.1, -0.05) is 31.2 Å². The summed E-state index contributed by atoms with van der Waals surface area (Å²) < 4.78 is 0. The summed E-state index contributed by atoms with van der Waals surface area (Å²) in [5.41, 5.74) is 9.03. The molecule has 1 aromatic heterocycles. The van der Waals surface area contributed by atoms with E-state index < -0.39 is 0 Å². The Morgan fingerprint density at radius 2 is 1.93 bits per heavy atom. The van der Waals surface area contributed by atoms with E-state index in [0.29, 0.717) is 5.13 Å². The lowest BCUT2D eigenvalue weighted by atomic mass is 10.1. The lowest BCUT2D eigenvalue weighted by molar-refractivity contribution is -0.00000289. The summed E-state index contributed by atoms with van der Waals surface area (Å²) in [5.74, 6) is 0. The van der Waals surface area contributed by atoms with Crippen molar-refractivity contribution in [3.8, 4) is 11.3 Å². The van der Waals surface area contributed by atoms with Crippen molar-refractivity contribution in [1.82, 2.24) is 4.98 Å². The van der Waals surface area contributed by atoms with Crippen molar-refractivity contribution in [2.24, 2.45) is 0 Å². The Labute approximate surface area is 104 Å². The molecule has 0 bridgehead atoms. The molecule has 1 aromatic carbocycles. The fourth-order valence-electron chi connectivity index (χ4n) is 1.33. The largest absolute Gasteiger partial charge is 1.00 e. The van der Waals surface area contributed by atoms with E-state index in [0.717, 1.165) is 17.7 Å². The Morgan fingerprint density at radius 1 is 1.27 bits per heavy atom. The minimum atomic E-state index is 0. The second kappa shape index (κ2) is 5.28. The van der Waals surface area contributed by atoms with Crippen molar-refractivity contribution in [2.75, 3.05) is 5.73 Å². The van der Waals surface area contributed by atoms with Gasteiger partial charge in [-0.05, 0) is 12.0 Å². The molecule has 0 amide bonds. The number of anilines is 1. The van der Waals surface area contributed by atoms with E-state index in [4.69, 9.17) is 5.73 Å². The van der Waals surface area contributed by atoms with E-state index in [-0.39, 0.29) is 17.0 Å². The second-order valence-electron chi connectivity index (χ2n) is 3.12. The van der Waals surface area contributed by atoms with Gasteiger partial charge >= 0.3 is 0 Å². The normalized spacial score (nSPS) is 9.67. The monoisotopic (exact) mass is 283 g/mol. The average Bonchev–Trinajstić information content (AvgIpc) is 2.65. The highest BCUT2D eigenvalue weighted by molar-refractivity contribution is 7.13. The summed E-state index contributed by atoms with van der Waals surface area (Å²) in [7, 11) is 0. The van der Waals surface area contributed by atoms with Gasteiger partial charge in [0.05, 0.1) is 5.69 Å². The van der Waals surface area contributed by atoms with Gasteiger partial charge in [-0.2, -0.15) is 0 Å². The number of benzene rings is 1. The van der Waals surface area contributed by atoms with Gasteiger partial charge in [0, 0.05) is 10.9 Å². The molecule has 4 heteroatoms. The van der Waals surface area contributed by atoms with Crippen LogP contribution in [-0.4, -0.2) is 4.98 Å². The molecule has 0 aliphatic carbocycles. The number of halogens is 1. The summed E-state index contributed by atoms with van der Waals surface area (Å²) in [5, 5.41) is 2.61. The fraction of sp³-hybridized carbons (Fsp3) is 0.182. The van der Waals surface area contributed by atoms with Crippen molar-refractivity contribution < 1.29 is 17.0 Å². The van der Waals surface area contributed by atoms with Gasteiger partial charge < -0.3 is 22.7 Å². The van der Waals surface area contributed by atoms with E-state index in [9.17, 15) is 0 Å². The van der Waals surface area contributed by atoms with Crippen LogP contribution in [0.1, 0.15) is 12.5 Å². The third kappa shape index (κ3) is 2.79. The Kier molecular flexibility index (Phi) is 4.29. The molecule has 2 N–H and O–H groups in total. The molecule has 0 aliphatic heterocycles. The minimum absolute atomic E-state index is 0. The van der Waals surface area contributed by atoms with Gasteiger partial charge in [0.2, 0.25) is 0 Å². The van der Waals surface area contributed by atoms with E-state index in [1.54, 1.807) is 0 Å². The number of rotatable bonds is 2. The zero-order chi connectivity index (χ0) is 9.97. The fourth-order valence-corrected chi connectivity index (χ4v) is 1.90. The standard InChI is InChI=1S/C11H12N2S.BrH/c1-2-8-3-5-9(6-4-8)10-7-14-11(12)13-10;/h3-7H,2H2,1H3,(H2,12,13);1H/p-1. The lowest BCUT2D eigenvalue weighted by Crippen LogP contribution is -3.00. The third-order valence-electron chi connectivity index (χ3n) is 2.18. The third-order valence-corrected chi connectivity index (χ3v) is 2.85. The molecule has 1 heterocycles. The lowest BCUT2D eigenvalue weighted by Gasteiger charge is -1.98. The highest BCUT2D eigenvalue weighted by Crippen LogP contribution is 2.23. The van der Waals surface area contributed by atoms with E-state index in [1.807, 2.05) is 5.38 Å². The highest BCUT2D eigenvalue weighted by Gasteiger charge is 2.01. The second-order valence-corrected chi connectivity index (χ2v) is 4.01. The molecule has 0 spiro atoms. The SMILES string of the molecule is CCc1ccc(-c2csc(N)n2)cc1.[Br-]. The number of thiazole rings is 1. The summed E-state index contributed by atoms with van der Waals surface area (Å²) in [4.78, 5) is 4.23. The van der Waals surface area contributed by atoms with Gasteiger partial charge in [-0.15, -0.1) is 11.3 Å². The van der Waals surface area contributed by atoms with Crippen LogP contribution in [0.15, 0.2) is 29.6 Å². The number of hydrogen-bond donors (Lipinski definition) is 1. The predicted octanol–water partition coefficient (Wildman–Crippen LogP) is -0.0413. The quantitative estimate of drug-likeness (QED) is 0.840. The maximum absolute atomic E-state index is 5.58. The Bertz CT molecular complexity index is 422. The maximum Gasteiger partial charge on any atom is 0.180 e. The van der Waals surface area contributed by atoms with Crippen LogP contribution in [0, 0.1) is 0 Å². The van der Waals surface area contributed by atoms with E-state index >= 15 is 0 Å². The van der Waals surface area contributed by atoms with Gasteiger partial charge in [0.15, 0.2) is 5.13 Å². The van der Waals surface area contributed by atoms with Crippen LogP contribution in [0.3, 0.4) is 0 Å². The number of nitrogens with two attached hydrogens (primary N) is 1. The molecule has 0 saturated carbocycles. The van der Waals surface area contributed by atoms with Crippen LogP contribution in [-0.2, 0) is 6.42 Å². The van der Waals surface area contributed by atoms with Crippen LogP contribution in [0.2, 0.25) is 0 Å². The maximum atomic E-state index is 5.58. The first kappa shape index (κ1) is 12.2. The van der Waals surface area contributed by atoms with Crippen molar-refractivity contribution >= 4 is 16.5 Å². The number of hydrogen-bond acceptors (Lipinski definition) is 3. The summed E-state index contributed by atoms with van der Waals surface area (Å²) >= 11 is 1.48. The van der Waals surface area contributed by atoms with Crippen molar-refractivity contribution in [3.63, 3.8) is 0 Å². The first-order valence-corrected chi connectivity index (χ1v) is 5.48. The molecule has 0 atom stereocenters. The minimum Gasteiger partial charge on any atom is -1.00 e. The molecule has 2 rings (SSSR count). The first-order chi connectivity index (χ1) is 6.79. The molecule has 2 aromatic rings. The molecule has 15 heavy (non-hydrogen) atoms. The number of aromatic nitrogens is 1. The summed E-state index contributed by atoms with van der Waals surface area (Å²) in [6.45, 7) is 2.15. The van der Waals surface area contributed by atoms with Gasteiger partial charge in [-0.3, -0.25) is 0 Å². The van der Waals surface area contributed by atoms with E-state index in [1.165, 1.54) is 16.9 Å². The summed E-state index contributed by atoms with van der Waals surface area (Å²) in [6, 6.07) is 8.44. The molecular weight excluding hydrogens is 272 g/mol. The van der Waals surface area contributed by atoms with Crippen molar-refractivity contribution in [2.45, 2.75) is 13.3 Å². The number of aryl methyl sites for hydroxylation is 1. The molecule has 0 fully saturated rings. The number of nitrogen functional groups attached to an aromatic ring is 1. The molecule has 2 nitrogen and oxygen atoms in total. The van der Waals surface area contributed by atoms with Crippen molar-refractivity contribution in [1.29, 1.82) is 0 Å². The number of nitrogens with zero attached hydrogens (tertiary/aromatic N) is 1. The molecule has 0 radical (unpaired) electrons. The molecule has 0 unspecified atom stereocenters. The first-order valence-electron chi connectivity index (χ1n) is 4.60. The van der Waals surface area contributed by atoms with Crippen molar-refractivity contribution in [3.05, 3.63) is 35.2 Å². The van der Waals surface area contributed by atoms with Crippen LogP contribution >= 0.6 is 11.3 Å². The van der Waals surface area contributed by atoms with Crippen LogP contribution in [0.4, 0.5) is 5.13 Å². The van der Waals surface area contributed by atoms with Crippen LogP contribution in [0.5, 0.6) is 0 Å². The Morgan fingerprint density at radius 3 is 2.40 bits per heavy atom. The average molecular weight is 284 g/mol. The topological polar surface area (TPSA) is 38.9 Å².